The lowest BCUT2D eigenvalue weighted by Crippen LogP contribution is -2.26. The standard InChI is InChI=1S/C25H25N3O4S/c1-19-7-5-15-28-17-21(27-24(19)28)18-32-22-12-10-20(11-13-22)25(29)26-14-6-16-33(30,31)23-8-3-2-4-9-23/h2-5,7-13,15,17H,6,14,16,18H2,1H3,(H,26,29). The summed E-state index contributed by atoms with van der Waals surface area (Å²) in [6.07, 6.45) is 4.22. The third-order valence-electron chi connectivity index (χ3n) is 5.21. The molecule has 0 aliphatic carbocycles. The highest BCUT2D eigenvalue weighted by atomic mass is 32.2. The van der Waals surface area contributed by atoms with Gasteiger partial charge in [0.1, 0.15) is 18.0 Å². The second-order valence-corrected chi connectivity index (χ2v) is 9.82. The van der Waals surface area contributed by atoms with E-state index in [0.717, 1.165) is 16.9 Å². The summed E-state index contributed by atoms with van der Waals surface area (Å²) in [5.41, 5.74) is 3.30. The SMILES string of the molecule is Cc1cccn2cc(COc3ccc(C(=O)NCCCS(=O)(=O)c4ccccc4)cc3)nc12. The zero-order valence-corrected chi connectivity index (χ0v) is 19.1. The first kappa shape index (κ1) is 22.5. The molecule has 0 unspecified atom stereocenters. The van der Waals surface area contributed by atoms with Crippen molar-refractivity contribution < 1.29 is 17.9 Å². The lowest BCUT2D eigenvalue weighted by molar-refractivity contribution is 0.0953. The van der Waals surface area contributed by atoms with Gasteiger partial charge in [0.25, 0.3) is 5.91 Å². The summed E-state index contributed by atoms with van der Waals surface area (Å²) >= 11 is 0. The molecule has 2 aromatic heterocycles. The van der Waals surface area contributed by atoms with Gasteiger partial charge in [0.2, 0.25) is 0 Å². The lowest BCUT2D eigenvalue weighted by atomic mass is 10.2. The van der Waals surface area contributed by atoms with E-state index in [2.05, 4.69) is 10.3 Å². The molecular weight excluding hydrogens is 438 g/mol. The molecule has 8 heteroatoms. The van der Waals surface area contributed by atoms with E-state index in [-0.39, 0.29) is 18.2 Å². The molecule has 0 spiro atoms. The van der Waals surface area contributed by atoms with E-state index in [1.807, 2.05) is 35.9 Å². The van der Waals surface area contributed by atoms with Gasteiger partial charge >= 0.3 is 0 Å². The number of nitrogens with one attached hydrogen (secondary N) is 1. The van der Waals surface area contributed by atoms with Gasteiger partial charge in [-0.2, -0.15) is 0 Å². The fraction of sp³-hybridized carbons (Fsp3) is 0.200. The average Bonchev–Trinajstić information content (AvgIpc) is 3.26. The number of aryl methyl sites for hydroxylation is 1. The number of aromatic nitrogens is 2. The van der Waals surface area contributed by atoms with E-state index in [1.54, 1.807) is 54.6 Å². The third kappa shape index (κ3) is 5.59. The van der Waals surface area contributed by atoms with Crippen LogP contribution >= 0.6 is 0 Å². The largest absolute Gasteiger partial charge is 0.487 e. The fourth-order valence-electron chi connectivity index (χ4n) is 3.45. The molecule has 0 saturated heterocycles. The van der Waals surface area contributed by atoms with E-state index in [9.17, 15) is 13.2 Å². The summed E-state index contributed by atoms with van der Waals surface area (Å²) in [6, 6.07) is 19.1. The lowest BCUT2D eigenvalue weighted by Gasteiger charge is -2.08. The number of benzene rings is 2. The highest BCUT2D eigenvalue weighted by Gasteiger charge is 2.14. The Morgan fingerprint density at radius 2 is 1.79 bits per heavy atom. The molecule has 7 nitrogen and oxygen atoms in total. The van der Waals surface area contributed by atoms with Crippen LogP contribution in [0.2, 0.25) is 0 Å². The van der Waals surface area contributed by atoms with Crippen molar-refractivity contribution in [1.82, 2.24) is 14.7 Å². The van der Waals surface area contributed by atoms with Crippen LogP contribution in [0, 0.1) is 6.92 Å². The van der Waals surface area contributed by atoms with Crippen molar-refractivity contribution in [3.8, 4) is 5.75 Å². The second-order valence-electron chi connectivity index (χ2n) is 7.71. The number of amides is 1. The summed E-state index contributed by atoms with van der Waals surface area (Å²) in [4.78, 5) is 17.2. The first-order valence-corrected chi connectivity index (χ1v) is 12.3. The molecule has 1 N–H and O–H groups in total. The summed E-state index contributed by atoms with van der Waals surface area (Å²) in [6.45, 7) is 2.61. The van der Waals surface area contributed by atoms with Crippen molar-refractivity contribution in [2.24, 2.45) is 0 Å². The van der Waals surface area contributed by atoms with Gasteiger partial charge in [-0.3, -0.25) is 4.79 Å². The van der Waals surface area contributed by atoms with Gasteiger partial charge in [0.05, 0.1) is 16.3 Å². The van der Waals surface area contributed by atoms with Crippen LogP contribution < -0.4 is 10.1 Å². The van der Waals surface area contributed by atoms with Crippen molar-refractivity contribution in [3.05, 3.63) is 95.9 Å². The molecule has 1 amide bonds. The van der Waals surface area contributed by atoms with Gasteiger partial charge in [-0.15, -0.1) is 0 Å². The van der Waals surface area contributed by atoms with Gasteiger partial charge in [-0.1, -0.05) is 24.3 Å². The number of fused-ring (bicyclic) bond motifs is 1. The Morgan fingerprint density at radius 3 is 2.52 bits per heavy atom. The van der Waals surface area contributed by atoms with Crippen LogP contribution in [0.4, 0.5) is 0 Å². The fourth-order valence-corrected chi connectivity index (χ4v) is 4.78. The number of pyridine rings is 1. The first-order valence-electron chi connectivity index (χ1n) is 10.6. The highest BCUT2D eigenvalue weighted by molar-refractivity contribution is 7.91. The number of sulfone groups is 1. The Morgan fingerprint density at radius 1 is 1.03 bits per heavy atom. The van der Waals surface area contributed by atoms with Gasteiger partial charge in [-0.25, -0.2) is 13.4 Å². The Bertz CT molecular complexity index is 1350. The normalized spacial score (nSPS) is 11.4. The quantitative estimate of drug-likeness (QED) is 0.381. The maximum absolute atomic E-state index is 12.3. The molecule has 0 bridgehead atoms. The Balaban J connectivity index is 1.25. The van der Waals surface area contributed by atoms with Gasteiger partial charge < -0.3 is 14.5 Å². The molecule has 0 fully saturated rings. The number of hydrogen-bond donors (Lipinski definition) is 1. The number of carbonyl (C=O) groups excluding carboxylic acids is 1. The zero-order valence-electron chi connectivity index (χ0n) is 18.3. The van der Waals surface area contributed by atoms with E-state index in [0.29, 0.717) is 29.2 Å². The number of carbonyl (C=O) groups is 1. The molecular formula is C25H25N3O4S. The van der Waals surface area contributed by atoms with Gasteiger partial charge in [0, 0.05) is 24.5 Å². The molecule has 0 aliphatic rings. The predicted octanol–water partition coefficient (Wildman–Crippen LogP) is 3.82. The van der Waals surface area contributed by atoms with E-state index in [1.165, 1.54) is 0 Å². The maximum atomic E-state index is 12.3. The Hall–Kier alpha value is -3.65. The number of rotatable bonds is 9. The van der Waals surface area contributed by atoms with E-state index < -0.39 is 9.84 Å². The number of hydrogen-bond acceptors (Lipinski definition) is 5. The number of ether oxygens (including phenoxy) is 1. The van der Waals surface area contributed by atoms with E-state index >= 15 is 0 Å². The summed E-state index contributed by atoms with van der Waals surface area (Å²) < 4.78 is 32.3. The monoisotopic (exact) mass is 463 g/mol. The van der Waals surface area contributed by atoms with Gasteiger partial charge in [-0.05, 0) is 61.4 Å². The minimum absolute atomic E-state index is 0.0212. The topological polar surface area (TPSA) is 89.8 Å². The van der Waals surface area contributed by atoms with Crippen LogP contribution in [0.15, 0.2) is 84.0 Å². The van der Waals surface area contributed by atoms with Crippen molar-refractivity contribution in [1.29, 1.82) is 0 Å². The van der Waals surface area contributed by atoms with Crippen molar-refractivity contribution >= 4 is 21.4 Å². The van der Waals surface area contributed by atoms with Crippen LogP contribution in [0.5, 0.6) is 5.75 Å². The Labute approximate surface area is 193 Å². The predicted molar refractivity (Wildman–Crippen MR) is 126 cm³/mol. The summed E-state index contributed by atoms with van der Waals surface area (Å²) in [7, 11) is -3.34. The molecule has 33 heavy (non-hydrogen) atoms. The Kier molecular flexibility index (Phi) is 6.74. The molecule has 0 radical (unpaired) electrons. The van der Waals surface area contributed by atoms with Gasteiger partial charge in [0.15, 0.2) is 9.84 Å². The smallest absolute Gasteiger partial charge is 0.251 e. The van der Waals surface area contributed by atoms with Crippen LogP contribution in [-0.4, -0.2) is 36.0 Å². The molecule has 4 aromatic rings. The third-order valence-corrected chi connectivity index (χ3v) is 7.03. The molecule has 2 aromatic carbocycles. The summed E-state index contributed by atoms with van der Waals surface area (Å²) in [5, 5.41) is 2.76. The van der Waals surface area contributed by atoms with Crippen LogP contribution in [0.25, 0.3) is 5.65 Å². The molecule has 0 aliphatic heterocycles. The van der Waals surface area contributed by atoms with Crippen LogP contribution in [0.1, 0.15) is 28.0 Å². The molecule has 170 valence electrons. The molecule has 0 saturated carbocycles. The first-order chi connectivity index (χ1) is 15.9. The van der Waals surface area contributed by atoms with E-state index in [4.69, 9.17) is 4.74 Å². The van der Waals surface area contributed by atoms with Crippen LogP contribution in [-0.2, 0) is 16.4 Å². The highest BCUT2D eigenvalue weighted by Crippen LogP contribution is 2.16. The van der Waals surface area contributed by atoms with Crippen molar-refractivity contribution in [3.63, 3.8) is 0 Å². The zero-order chi connectivity index (χ0) is 23.3. The van der Waals surface area contributed by atoms with Crippen molar-refractivity contribution in [2.75, 3.05) is 12.3 Å². The molecule has 2 heterocycles. The summed E-state index contributed by atoms with van der Waals surface area (Å²) in [5.74, 6) is 0.357. The van der Waals surface area contributed by atoms with Crippen molar-refractivity contribution in [2.45, 2.75) is 24.8 Å². The maximum Gasteiger partial charge on any atom is 0.251 e. The van der Waals surface area contributed by atoms with Crippen LogP contribution in [0.3, 0.4) is 0 Å². The average molecular weight is 464 g/mol. The molecule has 4 rings (SSSR count). The minimum atomic E-state index is -3.34. The second kappa shape index (κ2) is 9.87. The molecule has 0 atom stereocenters. The number of imidazole rings is 1. The minimum Gasteiger partial charge on any atom is -0.487 e. The number of nitrogens with zero attached hydrogens (tertiary/aromatic N) is 2.